The standard InChI is InChI=1S/C5H5F3N2/c6-5(7,8)4-1-2-9-10-3-4/h2-4H,1H2. The Labute approximate surface area is 55.5 Å². The molecule has 0 aromatic heterocycles. The molecule has 0 aliphatic carbocycles. The van der Waals surface area contributed by atoms with Crippen molar-refractivity contribution in [3.05, 3.63) is 0 Å². The summed E-state index contributed by atoms with van der Waals surface area (Å²) in [6, 6.07) is 0. The maximum absolute atomic E-state index is 11.8. The van der Waals surface area contributed by atoms with E-state index in [-0.39, 0.29) is 6.42 Å². The summed E-state index contributed by atoms with van der Waals surface area (Å²) in [5.74, 6) is -1.44. The zero-order valence-electron chi connectivity index (χ0n) is 4.97. The Balaban J connectivity index is 2.60. The Bertz CT molecular complexity index is 170. The fourth-order valence-electron chi connectivity index (χ4n) is 0.606. The van der Waals surface area contributed by atoms with Crippen LogP contribution < -0.4 is 0 Å². The lowest BCUT2D eigenvalue weighted by atomic mass is 10.1. The Morgan fingerprint density at radius 2 is 2.00 bits per heavy atom. The summed E-state index contributed by atoms with van der Waals surface area (Å²) in [7, 11) is 0. The van der Waals surface area contributed by atoms with Crippen LogP contribution in [0, 0.1) is 5.92 Å². The van der Waals surface area contributed by atoms with Gasteiger partial charge in [-0.25, -0.2) is 0 Å². The minimum absolute atomic E-state index is 0.0903. The molecular weight excluding hydrogens is 145 g/mol. The van der Waals surface area contributed by atoms with E-state index in [1.807, 2.05) is 0 Å². The molecule has 0 amide bonds. The molecule has 0 aromatic rings. The Morgan fingerprint density at radius 3 is 2.30 bits per heavy atom. The first-order chi connectivity index (χ1) is 4.61. The van der Waals surface area contributed by atoms with Crippen molar-refractivity contribution in [2.24, 2.45) is 16.1 Å². The quantitative estimate of drug-likeness (QED) is 0.501. The molecule has 5 heteroatoms. The van der Waals surface area contributed by atoms with E-state index in [9.17, 15) is 13.2 Å². The maximum atomic E-state index is 11.8. The van der Waals surface area contributed by atoms with Crippen LogP contribution in [-0.2, 0) is 0 Å². The second-order valence-corrected chi connectivity index (χ2v) is 1.95. The number of rotatable bonds is 0. The summed E-state index contributed by atoms with van der Waals surface area (Å²) in [5.41, 5.74) is 0. The monoisotopic (exact) mass is 150 g/mol. The number of hydrogen-bond acceptors (Lipinski definition) is 2. The van der Waals surface area contributed by atoms with Crippen molar-refractivity contribution in [3.8, 4) is 0 Å². The van der Waals surface area contributed by atoms with E-state index < -0.39 is 12.1 Å². The fourth-order valence-corrected chi connectivity index (χ4v) is 0.606. The maximum Gasteiger partial charge on any atom is 0.397 e. The third kappa shape index (κ3) is 1.55. The van der Waals surface area contributed by atoms with Gasteiger partial charge in [-0.1, -0.05) is 0 Å². The number of hydrogen-bond donors (Lipinski definition) is 0. The van der Waals surface area contributed by atoms with Crippen LogP contribution >= 0.6 is 0 Å². The van der Waals surface area contributed by atoms with Crippen LogP contribution in [0.2, 0.25) is 0 Å². The largest absolute Gasteiger partial charge is 0.397 e. The van der Waals surface area contributed by atoms with Gasteiger partial charge in [0.15, 0.2) is 0 Å². The van der Waals surface area contributed by atoms with Gasteiger partial charge in [0.2, 0.25) is 0 Å². The summed E-state index contributed by atoms with van der Waals surface area (Å²) in [6.07, 6.45) is -2.28. The number of alkyl halides is 3. The minimum Gasteiger partial charge on any atom is -0.170 e. The van der Waals surface area contributed by atoms with E-state index in [1.54, 1.807) is 0 Å². The first-order valence-electron chi connectivity index (χ1n) is 2.72. The van der Waals surface area contributed by atoms with Crippen molar-refractivity contribution >= 4 is 12.4 Å². The summed E-state index contributed by atoms with van der Waals surface area (Å²) in [4.78, 5) is 0. The lowest BCUT2D eigenvalue weighted by Gasteiger charge is -2.14. The van der Waals surface area contributed by atoms with E-state index in [0.29, 0.717) is 0 Å². The second-order valence-electron chi connectivity index (χ2n) is 1.95. The summed E-state index contributed by atoms with van der Waals surface area (Å²) < 4.78 is 35.4. The van der Waals surface area contributed by atoms with Crippen LogP contribution in [0.15, 0.2) is 10.2 Å². The van der Waals surface area contributed by atoms with Gasteiger partial charge in [0, 0.05) is 18.9 Å². The first kappa shape index (κ1) is 7.24. The lowest BCUT2D eigenvalue weighted by molar-refractivity contribution is -0.152. The van der Waals surface area contributed by atoms with Gasteiger partial charge in [0.1, 0.15) is 0 Å². The van der Waals surface area contributed by atoms with Crippen LogP contribution in [0.25, 0.3) is 0 Å². The molecule has 1 aliphatic heterocycles. The molecular formula is C5H5F3N2. The van der Waals surface area contributed by atoms with Gasteiger partial charge in [0.25, 0.3) is 0 Å². The van der Waals surface area contributed by atoms with E-state index in [0.717, 1.165) is 12.4 Å². The highest BCUT2D eigenvalue weighted by Crippen LogP contribution is 2.27. The van der Waals surface area contributed by atoms with Gasteiger partial charge in [-0.3, -0.25) is 0 Å². The highest BCUT2D eigenvalue weighted by atomic mass is 19.4. The normalized spacial score (nSPS) is 25.3. The van der Waals surface area contributed by atoms with E-state index in [2.05, 4.69) is 10.2 Å². The summed E-state index contributed by atoms with van der Waals surface area (Å²) in [6.45, 7) is 0. The molecule has 1 rings (SSSR count). The predicted octanol–water partition coefficient (Wildman–Crippen LogP) is 1.63. The zero-order valence-corrected chi connectivity index (χ0v) is 4.97. The van der Waals surface area contributed by atoms with Crippen LogP contribution in [-0.4, -0.2) is 18.6 Å². The fraction of sp³-hybridized carbons (Fsp3) is 0.600. The van der Waals surface area contributed by atoms with Crippen molar-refractivity contribution in [1.29, 1.82) is 0 Å². The topological polar surface area (TPSA) is 24.7 Å². The number of nitrogens with zero attached hydrogens (tertiary/aromatic N) is 2. The van der Waals surface area contributed by atoms with Gasteiger partial charge in [-0.15, -0.1) is 0 Å². The molecule has 0 fully saturated rings. The van der Waals surface area contributed by atoms with Gasteiger partial charge in [-0.05, 0) is 0 Å². The summed E-state index contributed by atoms with van der Waals surface area (Å²) >= 11 is 0. The van der Waals surface area contributed by atoms with Crippen molar-refractivity contribution in [3.63, 3.8) is 0 Å². The molecule has 1 aliphatic rings. The molecule has 0 radical (unpaired) electrons. The van der Waals surface area contributed by atoms with Gasteiger partial charge >= 0.3 is 6.18 Å². The molecule has 0 bridgehead atoms. The molecule has 1 unspecified atom stereocenters. The highest BCUT2D eigenvalue weighted by Gasteiger charge is 2.38. The van der Waals surface area contributed by atoms with Crippen LogP contribution in [0.1, 0.15) is 6.42 Å². The van der Waals surface area contributed by atoms with Crippen LogP contribution in [0.4, 0.5) is 13.2 Å². The second kappa shape index (κ2) is 2.40. The van der Waals surface area contributed by atoms with Crippen LogP contribution in [0.3, 0.4) is 0 Å². The molecule has 0 N–H and O–H groups in total. The van der Waals surface area contributed by atoms with E-state index in [1.165, 1.54) is 0 Å². The van der Waals surface area contributed by atoms with Gasteiger partial charge in [0.05, 0.1) is 5.92 Å². The highest BCUT2D eigenvalue weighted by molar-refractivity contribution is 5.72. The lowest BCUT2D eigenvalue weighted by Crippen LogP contribution is -2.25. The predicted molar refractivity (Wildman–Crippen MR) is 31.1 cm³/mol. The Hall–Kier alpha value is -0.870. The average molecular weight is 150 g/mol. The molecule has 0 aromatic carbocycles. The molecule has 56 valence electrons. The average Bonchev–Trinajstić information content (AvgIpc) is 1.88. The molecule has 1 heterocycles. The molecule has 0 saturated heterocycles. The Kier molecular flexibility index (Phi) is 1.74. The smallest absolute Gasteiger partial charge is 0.170 e. The molecule has 2 nitrogen and oxygen atoms in total. The van der Waals surface area contributed by atoms with Gasteiger partial charge in [-0.2, -0.15) is 23.4 Å². The van der Waals surface area contributed by atoms with Crippen molar-refractivity contribution in [2.75, 3.05) is 0 Å². The molecule has 1 atom stereocenters. The van der Waals surface area contributed by atoms with E-state index in [4.69, 9.17) is 0 Å². The van der Waals surface area contributed by atoms with Crippen molar-refractivity contribution < 1.29 is 13.2 Å². The van der Waals surface area contributed by atoms with Crippen LogP contribution in [0.5, 0.6) is 0 Å². The van der Waals surface area contributed by atoms with Crippen molar-refractivity contribution in [1.82, 2.24) is 0 Å². The third-order valence-corrected chi connectivity index (χ3v) is 1.17. The Morgan fingerprint density at radius 1 is 1.30 bits per heavy atom. The van der Waals surface area contributed by atoms with E-state index >= 15 is 0 Å². The van der Waals surface area contributed by atoms with Crippen molar-refractivity contribution in [2.45, 2.75) is 12.6 Å². The molecule has 0 spiro atoms. The zero-order chi connectivity index (χ0) is 7.61. The molecule has 0 saturated carbocycles. The summed E-state index contributed by atoms with van der Waals surface area (Å²) in [5, 5.41) is 6.43. The SMILES string of the molecule is FC(F)(F)C1C=NN=CC1. The third-order valence-electron chi connectivity index (χ3n) is 1.17. The molecule has 10 heavy (non-hydrogen) atoms. The first-order valence-corrected chi connectivity index (χ1v) is 2.72. The van der Waals surface area contributed by atoms with Gasteiger partial charge < -0.3 is 0 Å². The number of halogens is 3. The minimum atomic E-state index is -4.17.